The molecule has 29 heavy (non-hydrogen) atoms. The van der Waals surface area contributed by atoms with Gasteiger partial charge in [0.05, 0.1) is 10.6 Å². The number of sulfone groups is 1. The Hall–Kier alpha value is -2.86. The van der Waals surface area contributed by atoms with E-state index in [-0.39, 0.29) is 34.1 Å². The van der Waals surface area contributed by atoms with Gasteiger partial charge in [-0.1, -0.05) is 35.4 Å². The molecule has 152 valence electrons. The van der Waals surface area contributed by atoms with Crippen LogP contribution in [-0.4, -0.2) is 19.3 Å². The van der Waals surface area contributed by atoms with E-state index in [1.165, 1.54) is 6.07 Å². The Morgan fingerprint density at radius 3 is 2.00 bits per heavy atom. The molecule has 1 aromatic heterocycles. The Morgan fingerprint density at radius 2 is 1.45 bits per heavy atom. The lowest BCUT2D eigenvalue weighted by molar-refractivity contribution is 0.429. The van der Waals surface area contributed by atoms with Gasteiger partial charge in [0.1, 0.15) is 17.1 Å². The molecule has 0 aliphatic heterocycles. The van der Waals surface area contributed by atoms with Crippen LogP contribution in [0.3, 0.4) is 0 Å². The van der Waals surface area contributed by atoms with Crippen molar-refractivity contribution in [2.45, 2.75) is 39.0 Å². The summed E-state index contributed by atoms with van der Waals surface area (Å²) in [7, 11) is -3.53. The third-order valence-electron chi connectivity index (χ3n) is 4.91. The van der Waals surface area contributed by atoms with Crippen molar-refractivity contribution in [2.75, 3.05) is 5.75 Å². The van der Waals surface area contributed by atoms with Crippen molar-refractivity contribution in [1.29, 1.82) is 0 Å². The van der Waals surface area contributed by atoms with Gasteiger partial charge in [-0.3, -0.25) is 0 Å². The molecule has 0 spiro atoms. The summed E-state index contributed by atoms with van der Waals surface area (Å²) in [5.41, 5.74) is 3.82. The molecule has 0 saturated heterocycles. The maximum Gasteiger partial charge on any atom is 0.347 e. The predicted molar refractivity (Wildman–Crippen MR) is 113 cm³/mol. The fraction of sp³-hybridized carbons (Fsp3) is 0.261. The maximum atomic E-state index is 12.6. The first kappa shape index (κ1) is 20.9. The molecule has 3 rings (SSSR count). The summed E-state index contributed by atoms with van der Waals surface area (Å²) in [6.07, 6.45) is -0.00878. The van der Waals surface area contributed by atoms with E-state index in [0.29, 0.717) is 5.56 Å². The molecular weight excluding hydrogens is 388 g/mol. The molecule has 0 radical (unpaired) electrons. The second-order valence-electron chi connectivity index (χ2n) is 7.42. The van der Waals surface area contributed by atoms with Gasteiger partial charge < -0.3 is 9.52 Å². The predicted octanol–water partition coefficient (Wildman–Crippen LogP) is 4.26. The van der Waals surface area contributed by atoms with Gasteiger partial charge in [0.15, 0.2) is 9.84 Å². The van der Waals surface area contributed by atoms with Crippen LogP contribution in [0.2, 0.25) is 0 Å². The summed E-state index contributed by atoms with van der Waals surface area (Å²) < 4.78 is 30.4. The first-order valence-corrected chi connectivity index (χ1v) is 11.0. The number of aromatic hydroxyl groups is 1. The standard InChI is InChI=1S/C23H24O5S/c1-14-5-7-19(8-6-14)29(26,27)10-9-18-13-20(24)22(23(25)28-18)21-16(3)11-15(2)12-17(21)4/h5-8,11-13,24H,9-10H2,1-4H3. The van der Waals surface area contributed by atoms with Gasteiger partial charge in [-0.25, -0.2) is 13.2 Å². The highest BCUT2D eigenvalue weighted by Gasteiger charge is 2.20. The zero-order chi connectivity index (χ0) is 21.3. The normalized spacial score (nSPS) is 11.6. The smallest absolute Gasteiger partial charge is 0.347 e. The van der Waals surface area contributed by atoms with Crippen molar-refractivity contribution in [2.24, 2.45) is 0 Å². The van der Waals surface area contributed by atoms with Gasteiger partial charge in [0.25, 0.3) is 0 Å². The molecule has 0 fully saturated rings. The van der Waals surface area contributed by atoms with Crippen molar-refractivity contribution in [1.82, 2.24) is 0 Å². The van der Waals surface area contributed by atoms with Crippen molar-refractivity contribution < 1.29 is 17.9 Å². The molecule has 0 aliphatic rings. The molecule has 0 amide bonds. The van der Waals surface area contributed by atoms with Gasteiger partial charge in [-0.15, -0.1) is 0 Å². The monoisotopic (exact) mass is 412 g/mol. The lowest BCUT2D eigenvalue weighted by atomic mass is 9.94. The largest absolute Gasteiger partial charge is 0.507 e. The van der Waals surface area contributed by atoms with Crippen molar-refractivity contribution in [3.63, 3.8) is 0 Å². The minimum atomic E-state index is -3.53. The van der Waals surface area contributed by atoms with E-state index >= 15 is 0 Å². The first-order valence-electron chi connectivity index (χ1n) is 9.32. The zero-order valence-electron chi connectivity index (χ0n) is 16.9. The van der Waals surface area contributed by atoms with Crippen LogP contribution in [0.5, 0.6) is 5.75 Å². The summed E-state index contributed by atoms with van der Waals surface area (Å²) in [4.78, 5) is 12.8. The average molecular weight is 413 g/mol. The van der Waals surface area contributed by atoms with Gasteiger partial charge >= 0.3 is 5.63 Å². The lowest BCUT2D eigenvalue weighted by Crippen LogP contribution is -2.12. The fourth-order valence-electron chi connectivity index (χ4n) is 3.55. The maximum absolute atomic E-state index is 12.6. The van der Waals surface area contributed by atoms with Crippen LogP contribution in [-0.2, 0) is 16.3 Å². The quantitative estimate of drug-likeness (QED) is 0.677. The molecule has 1 N–H and O–H groups in total. The highest BCUT2D eigenvalue weighted by Crippen LogP contribution is 2.32. The number of benzene rings is 2. The molecule has 0 atom stereocenters. The van der Waals surface area contributed by atoms with E-state index in [9.17, 15) is 18.3 Å². The SMILES string of the molecule is Cc1ccc(S(=O)(=O)CCc2cc(O)c(-c3c(C)cc(C)cc3C)c(=O)o2)cc1. The van der Waals surface area contributed by atoms with Crippen LogP contribution >= 0.6 is 0 Å². The summed E-state index contributed by atoms with van der Waals surface area (Å²) in [6, 6.07) is 11.8. The van der Waals surface area contributed by atoms with Crippen LogP contribution in [0, 0.1) is 27.7 Å². The van der Waals surface area contributed by atoms with Crippen molar-refractivity contribution in [3.8, 4) is 16.9 Å². The van der Waals surface area contributed by atoms with Crippen LogP contribution in [0.25, 0.3) is 11.1 Å². The van der Waals surface area contributed by atoms with Gasteiger partial charge in [0.2, 0.25) is 0 Å². The minimum Gasteiger partial charge on any atom is -0.507 e. The number of hydrogen-bond donors (Lipinski definition) is 1. The van der Waals surface area contributed by atoms with E-state index in [1.54, 1.807) is 24.3 Å². The second kappa shape index (κ2) is 7.87. The summed E-state index contributed by atoms with van der Waals surface area (Å²) >= 11 is 0. The third kappa shape index (κ3) is 4.43. The van der Waals surface area contributed by atoms with Crippen LogP contribution < -0.4 is 5.63 Å². The van der Waals surface area contributed by atoms with Crippen molar-refractivity contribution >= 4 is 9.84 Å². The summed E-state index contributed by atoms with van der Waals surface area (Å²) in [5, 5.41) is 10.5. The number of rotatable bonds is 5. The minimum absolute atomic E-state index is 0.00878. The molecule has 5 nitrogen and oxygen atoms in total. The first-order chi connectivity index (χ1) is 13.6. The van der Waals surface area contributed by atoms with E-state index < -0.39 is 15.5 Å². The topological polar surface area (TPSA) is 84.6 Å². The number of hydrogen-bond acceptors (Lipinski definition) is 5. The molecule has 2 aromatic carbocycles. The van der Waals surface area contributed by atoms with Gasteiger partial charge in [-0.05, 0) is 56.5 Å². The molecule has 1 heterocycles. The highest BCUT2D eigenvalue weighted by atomic mass is 32.2. The Labute approximate surface area is 170 Å². The zero-order valence-corrected chi connectivity index (χ0v) is 17.8. The summed E-state index contributed by atoms with van der Waals surface area (Å²) in [6.45, 7) is 7.59. The second-order valence-corrected chi connectivity index (χ2v) is 9.53. The van der Waals surface area contributed by atoms with Gasteiger partial charge in [-0.2, -0.15) is 0 Å². The Balaban J connectivity index is 1.91. The Kier molecular flexibility index (Phi) is 5.66. The average Bonchev–Trinajstić information content (AvgIpc) is 2.62. The van der Waals surface area contributed by atoms with Crippen LogP contribution in [0.1, 0.15) is 28.0 Å². The number of aryl methyl sites for hydroxylation is 5. The molecule has 6 heteroatoms. The van der Waals surface area contributed by atoms with Gasteiger partial charge in [0, 0.05) is 12.5 Å². The molecule has 3 aromatic rings. The van der Waals surface area contributed by atoms with E-state index in [0.717, 1.165) is 22.3 Å². The van der Waals surface area contributed by atoms with E-state index in [2.05, 4.69) is 0 Å². The molecule has 0 aliphatic carbocycles. The van der Waals surface area contributed by atoms with Crippen LogP contribution in [0.4, 0.5) is 0 Å². The van der Waals surface area contributed by atoms with Crippen LogP contribution in [0.15, 0.2) is 56.6 Å². The van der Waals surface area contributed by atoms with E-state index in [1.807, 2.05) is 39.8 Å². The molecule has 0 saturated carbocycles. The van der Waals surface area contributed by atoms with E-state index in [4.69, 9.17) is 4.42 Å². The lowest BCUT2D eigenvalue weighted by Gasteiger charge is -2.12. The summed E-state index contributed by atoms with van der Waals surface area (Å²) in [5.74, 6) is -0.297. The Bertz CT molecular complexity index is 1200. The highest BCUT2D eigenvalue weighted by molar-refractivity contribution is 7.91. The molecule has 0 unspecified atom stereocenters. The molecule has 0 bridgehead atoms. The third-order valence-corrected chi connectivity index (χ3v) is 6.64. The Morgan fingerprint density at radius 1 is 0.862 bits per heavy atom. The molecular formula is C23H24O5S. The van der Waals surface area contributed by atoms with Crippen molar-refractivity contribution in [3.05, 3.63) is 80.9 Å². The fourth-order valence-corrected chi connectivity index (χ4v) is 4.81.